The second-order valence-corrected chi connectivity index (χ2v) is 6.88. The van der Waals surface area contributed by atoms with E-state index in [0.717, 1.165) is 12.8 Å². The smallest absolute Gasteiger partial charge is 0.00230 e. The first-order valence-electron chi connectivity index (χ1n) is 9.53. The Balaban J connectivity index is 1.65. The van der Waals surface area contributed by atoms with E-state index in [1.807, 2.05) is 0 Å². The molecule has 0 unspecified atom stereocenters. The van der Waals surface area contributed by atoms with Gasteiger partial charge in [-0.1, -0.05) is 98.6 Å². The van der Waals surface area contributed by atoms with E-state index in [1.165, 1.54) is 53.5 Å². The van der Waals surface area contributed by atoms with Crippen molar-refractivity contribution < 1.29 is 0 Å². The molecule has 0 nitrogen and oxygen atoms in total. The summed E-state index contributed by atoms with van der Waals surface area (Å²) in [7, 11) is 0. The van der Waals surface area contributed by atoms with Crippen molar-refractivity contribution in [3.63, 3.8) is 0 Å². The lowest BCUT2D eigenvalue weighted by molar-refractivity contribution is 0.714. The van der Waals surface area contributed by atoms with Crippen molar-refractivity contribution in [1.29, 1.82) is 0 Å². The zero-order chi connectivity index (χ0) is 17.3. The van der Waals surface area contributed by atoms with Gasteiger partial charge in [-0.3, -0.25) is 0 Å². The molecule has 0 spiro atoms. The fourth-order valence-electron chi connectivity index (χ4n) is 3.37. The van der Waals surface area contributed by atoms with Crippen LogP contribution in [0, 0.1) is 0 Å². The van der Waals surface area contributed by atoms with Gasteiger partial charge in [-0.05, 0) is 53.5 Å². The fourth-order valence-corrected chi connectivity index (χ4v) is 3.37. The average Bonchev–Trinajstić information content (AvgIpc) is 2.66. The van der Waals surface area contributed by atoms with Crippen LogP contribution >= 0.6 is 0 Å². The van der Waals surface area contributed by atoms with Gasteiger partial charge in [-0.15, -0.1) is 0 Å². The third-order valence-corrected chi connectivity index (χ3v) is 4.84. The number of hydrogen-bond acceptors (Lipinski definition) is 0. The molecule has 0 saturated heterocycles. The average molecular weight is 328 g/mol. The molecule has 0 bridgehead atoms. The van der Waals surface area contributed by atoms with Crippen LogP contribution in [-0.4, -0.2) is 0 Å². The van der Waals surface area contributed by atoms with Gasteiger partial charge in [0.05, 0.1) is 0 Å². The summed E-state index contributed by atoms with van der Waals surface area (Å²) in [6, 6.07) is 28.8. The van der Waals surface area contributed by atoms with Crippen LogP contribution in [0.5, 0.6) is 0 Å². The summed E-state index contributed by atoms with van der Waals surface area (Å²) in [5.74, 6) is 0. The molecule has 0 aliphatic rings. The zero-order valence-corrected chi connectivity index (χ0v) is 15.2. The minimum Gasteiger partial charge on any atom is -0.0654 e. The molecule has 0 amide bonds. The summed E-state index contributed by atoms with van der Waals surface area (Å²) in [6.45, 7) is 2.27. The minimum atomic E-state index is 1.01. The number of unbranched alkanes of at least 4 members (excludes halogenated alkanes) is 2. The molecule has 25 heavy (non-hydrogen) atoms. The normalized spacial score (nSPS) is 10.8. The molecular formula is C25H28. The van der Waals surface area contributed by atoms with Gasteiger partial charge in [0.15, 0.2) is 0 Å². The lowest BCUT2D eigenvalue weighted by Gasteiger charge is -2.10. The second-order valence-electron chi connectivity index (χ2n) is 6.88. The third kappa shape index (κ3) is 5.32. The molecule has 0 aliphatic carbocycles. The SMILES string of the molecule is CCCCCc1ccccc1Cc1ccc(Cc2ccccc2)cc1. The molecule has 3 aromatic rings. The summed E-state index contributed by atoms with van der Waals surface area (Å²) < 4.78 is 0. The molecule has 0 heteroatoms. The standard InChI is InChI=1S/C25H28/c1-2-3-5-12-24-13-8-9-14-25(24)20-23-17-15-22(16-18-23)19-21-10-6-4-7-11-21/h4,6-11,13-18H,2-3,5,12,19-20H2,1H3. The lowest BCUT2D eigenvalue weighted by Crippen LogP contribution is -1.96. The molecule has 0 aliphatic heterocycles. The molecular weight excluding hydrogens is 300 g/mol. The first-order chi connectivity index (χ1) is 12.3. The summed E-state index contributed by atoms with van der Waals surface area (Å²) in [5, 5.41) is 0. The molecule has 0 atom stereocenters. The molecule has 0 N–H and O–H groups in total. The van der Waals surface area contributed by atoms with E-state index in [0.29, 0.717) is 0 Å². The Hall–Kier alpha value is -2.34. The van der Waals surface area contributed by atoms with Crippen LogP contribution in [0.2, 0.25) is 0 Å². The van der Waals surface area contributed by atoms with E-state index in [9.17, 15) is 0 Å². The monoisotopic (exact) mass is 328 g/mol. The molecule has 0 saturated carbocycles. The third-order valence-electron chi connectivity index (χ3n) is 4.84. The zero-order valence-electron chi connectivity index (χ0n) is 15.2. The maximum absolute atomic E-state index is 2.30. The van der Waals surface area contributed by atoms with Crippen molar-refractivity contribution in [2.24, 2.45) is 0 Å². The maximum atomic E-state index is 2.30. The van der Waals surface area contributed by atoms with Gasteiger partial charge in [-0.25, -0.2) is 0 Å². The first kappa shape index (κ1) is 17.5. The minimum absolute atomic E-state index is 1.01. The molecule has 3 rings (SSSR count). The largest absolute Gasteiger partial charge is 0.0654 e. The Labute approximate surface area is 152 Å². The quantitative estimate of drug-likeness (QED) is 0.409. The highest BCUT2D eigenvalue weighted by molar-refractivity contribution is 5.35. The van der Waals surface area contributed by atoms with Gasteiger partial charge in [-0.2, -0.15) is 0 Å². The number of aryl methyl sites for hydroxylation is 1. The number of rotatable bonds is 8. The van der Waals surface area contributed by atoms with Crippen molar-refractivity contribution >= 4 is 0 Å². The van der Waals surface area contributed by atoms with Gasteiger partial charge >= 0.3 is 0 Å². The fraction of sp³-hybridized carbons (Fsp3) is 0.280. The second kappa shape index (κ2) is 9.22. The predicted molar refractivity (Wildman–Crippen MR) is 108 cm³/mol. The van der Waals surface area contributed by atoms with E-state index in [4.69, 9.17) is 0 Å². The highest BCUT2D eigenvalue weighted by atomic mass is 14.1. The van der Waals surface area contributed by atoms with Crippen LogP contribution in [0.15, 0.2) is 78.9 Å². The van der Waals surface area contributed by atoms with Crippen LogP contribution in [0.1, 0.15) is 54.0 Å². The molecule has 0 heterocycles. The van der Waals surface area contributed by atoms with E-state index < -0.39 is 0 Å². The van der Waals surface area contributed by atoms with E-state index in [2.05, 4.69) is 85.8 Å². The molecule has 0 fully saturated rings. The first-order valence-corrected chi connectivity index (χ1v) is 9.53. The predicted octanol–water partition coefficient (Wildman–Crippen LogP) is 6.60. The van der Waals surface area contributed by atoms with Crippen LogP contribution in [0.4, 0.5) is 0 Å². The van der Waals surface area contributed by atoms with Crippen molar-refractivity contribution in [1.82, 2.24) is 0 Å². The Bertz CT molecular complexity index is 754. The van der Waals surface area contributed by atoms with Crippen molar-refractivity contribution in [2.75, 3.05) is 0 Å². The highest BCUT2D eigenvalue weighted by Crippen LogP contribution is 2.18. The van der Waals surface area contributed by atoms with Gasteiger partial charge < -0.3 is 0 Å². The Kier molecular flexibility index (Phi) is 6.45. The lowest BCUT2D eigenvalue weighted by atomic mass is 9.95. The van der Waals surface area contributed by atoms with Crippen LogP contribution in [-0.2, 0) is 19.3 Å². The van der Waals surface area contributed by atoms with Gasteiger partial charge in [0.25, 0.3) is 0 Å². The van der Waals surface area contributed by atoms with Crippen molar-refractivity contribution in [2.45, 2.75) is 45.4 Å². The van der Waals surface area contributed by atoms with E-state index in [1.54, 1.807) is 0 Å². The Morgan fingerprint density at radius 2 is 1.08 bits per heavy atom. The van der Waals surface area contributed by atoms with Crippen molar-refractivity contribution in [3.05, 3.63) is 107 Å². The van der Waals surface area contributed by atoms with Crippen molar-refractivity contribution in [3.8, 4) is 0 Å². The highest BCUT2D eigenvalue weighted by Gasteiger charge is 2.04. The molecule has 0 radical (unpaired) electrons. The molecule has 128 valence electrons. The number of hydrogen-bond donors (Lipinski definition) is 0. The summed E-state index contributed by atoms with van der Waals surface area (Å²) in [5.41, 5.74) is 7.15. The van der Waals surface area contributed by atoms with Gasteiger partial charge in [0.2, 0.25) is 0 Å². The van der Waals surface area contributed by atoms with E-state index in [-0.39, 0.29) is 0 Å². The summed E-state index contributed by atoms with van der Waals surface area (Å²) in [6.07, 6.45) is 7.15. The van der Waals surface area contributed by atoms with Crippen LogP contribution in [0.3, 0.4) is 0 Å². The Morgan fingerprint density at radius 3 is 1.76 bits per heavy atom. The van der Waals surface area contributed by atoms with Gasteiger partial charge in [0.1, 0.15) is 0 Å². The summed E-state index contributed by atoms with van der Waals surface area (Å²) >= 11 is 0. The van der Waals surface area contributed by atoms with Crippen LogP contribution in [0.25, 0.3) is 0 Å². The summed E-state index contributed by atoms with van der Waals surface area (Å²) in [4.78, 5) is 0. The maximum Gasteiger partial charge on any atom is -0.00230 e. The molecule has 0 aromatic heterocycles. The topological polar surface area (TPSA) is 0 Å². The Morgan fingerprint density at radius 1 is 0.520 bits per heavy atom. The number of benzene rings is 3. The van der Waals surface area contributed by atoms with Crippen LogP contribution < -0.4 is 0 Å². The van der Waals surface area contributed by atoms with E-state index >= 15 is 0 Å². The molecule has 3 aromatic carbocycles. The van der Waals surface area contributed by atoms with Gasteiger partial charge in [0, 0.05) is 0 Å².